The molecule has 0 bridgehead atoms. The third-order valence-corrected chi connectivity index (χ3v) is 2.46. The van der Waals surface area contributed by atoms with Gasteiger partial charge in [-0.1, -0.05) is 0 Å². The molecule has 7 nitrogen and oxygen atoms in total. The van der Waals surface area contributed by atoms with Gasteiger partial charge in [0.05, 0.1) is 6.54 Å². The number of amides is 2. The fraction of sp³-hybridized carbons (Fsp3) is 0.818. The molecule has 0 unspecified atom stereocenters. The Hall–Kier alpha value is -1.05. The van der Waals surface area contributed by atoms with Crippen molar-refractivity contribution in [1.82, 2.24) is 9.80 Å². The van der Waals surface area contributed by atoms with Gasteiger partial charge in [-0.05, 0) is 20.8 Å². The van der Waals surface area contributed by atoms with Crippen LogP contribution >= 0.6 is 12.4 Å². The second kappa shape index (κ2) is 8.19. The first-order valence-corrected chi connectivity index (χ1v) is 5.79. The predicted octanol–water partition coefficient (Wildman–Crippen LogP) is -0.378. The molecular formula is C11H24ClN3O4. The lowest BCUT2D eigenvalue weighted by molar-refractivity contribution is -0.131. The molecule has 8 heteroatoms. The van der Waals surface area contributed by atoms with Gasteiger partial charge >= 0.3 is 6.09 Å². The second-order valence-corrected chi connectivity index (χ2v) is 5.05. The van der Waals surface area contributed by atoms with Crippen LogP contribution in [0.2, 0.25) is 0 Å². The monoisotopic (exact) mass is 297 g/mol. The van der Waals surface area contributed by atoms with Gasteiger partial charge in [0, 0.05) is 26.2 Å². The van der Waals surface area contributed by atoms with E-state index in [9.17, 15) is 9.59 Å². The summed E-state index contributed by atoms with van der Waals surface area (Å²) in [7, 11) is 0. The summed E-state index contributed by atoms with van der Waals surface area (Å²) in [4.78, 5) is 26.4. The zero-order valence-electron chi connectivity index (χ0n) is 11.6. The van der Waals surface area contributed by atoms with Crippen molar-refractivity contribution >= 4 is 24.4 Å². The van der Waals surface area contributed by atoms with Crippen molar-refractivity contribution < 1.29 is 19.8 Å². The molecule has 114 valence electrons. The van der Waals surface area contributed by atoms with Gasteiger partial charge in [-0.2, -0.15) is 0 Å². The lowest BCUT2D eigenvalue weighted by Gasteiger charge is -2.35. The van der Waals surface area contributed by atoms with E-state index in [2.05, 4.69) is 0 Å². The first-order valence-electron chi connectivity index (χ1n) is 5.79. The van der Waals surface area contributed by atoms with E-state index in [1.54, 1.807) is 9.80 Å². The van der Waals surface area contributed by atoms with Gasteiger partial charge in [-0.3, -0.25) is 4.79 Å². The minimum Gasteiger partial charge on any atom is -0.444 e. The van der Waals surface area contributed by atoms with Crippen molar-refractivity contribution in [2.75, 3.05) is 32.7 Å². The maximum absolute atomic E-state index is 11.7. The third-order valence-electron chi connectivity index (χ3n) is 2.46. The largest absolute Gasteiger partial charge is 0.444 e. The van der Waals surface area contributed by atoms with Crippen LogP contribution in [0.5, 0.6) is 0 Å². The van der Waals surface area contributed by atoms with Crippen molar-refractivity contribution in [1.29, 1.82) is 0 Å². The average Bonchev–Trinajstić information content (AvgIpc) is 2.26. The maximum Gasteiger partial charge on any atom is 0.410 e. The molecular weight excluding hydrogens is 274 g/mol. The molecule has 0 spiro atoms. The van der Waals surface area contributed by atoms with Gasteiger partial charge in [0.15, 0.2) is 0 Å². The highest BCUT2D eigenvalue weighted by Gasteiger charge is 2.26. The SMILES string of the molecule is CC(C)(C)OC(=O)N1CCN(C(=O)CN)CC1.Cl.O. The highest BCUT2D eigenvalue weighted by molar-refractivity contribution is 5.85. The van der Waals surface area contributed by atoms with Gasteiger partial charge in [0.25, 0.3) is 0 Å². The van der Waals surface area contributed by atoms with Gasteiger partial charge in [0.1, 0.15) is 5.60 Å². The summed E-state index contributed by atoms with van der Waals surface area (Å²) in [5, 5.41) is 0. The van der Waals surface area contributed by atoms with Crippen LogP contribution in [0.4, 0.5) is 4.79 Å². The number of carbonyl (C=O) groups excluding carboxylic acids is 2. The van der Waals surface area contributed by atoms with E-state index >= 15 is 0 Å². The molecule has 4 N–H and O–H groups in total. The van der Waals surface area contributed by atoms with Crippen LogP contribution in [0, 0.1) is 0 Å². The standard InChI is InChI=1S/C11H21N3O3.ClH.H2O/c1-11(2,3)17-10(16)14-6-4-13(5-7-14)9(15)8-12;;/h4-8,12H2,1-3H3;1H;1H2. The van der Waals surface area contributed by atoms with E-state index in [-0.39, 0.29) is 36.4 Å². The van der Waals surface area contributed by atoms with Crippen molar-refractivity contribution in [2.45, 2.75) is 26.4 Å². The molecule has 1 fully saturated rings. The Morgan fingerprint density at radius 1 is 1.11 bits per heavy atom. The van der Waals surface area contributed by atoms with Crippen LogP contribution in [0.3, 0.4) is 0 Å². The minimum atomic E-state index is -0.485. The zero-order chi connectivity index (χ0) is 13.1. The Bertz CT molecular complexity index is 299. The minimum absolute atomic E-state index is 0. The summed E-state index contributed by atoms with van der Waals surface area (Å²) in [6, 6.07) is 0. The smallest absolute Gasteiger partial charge is 0.410 e. The number of hydrogen-bond acceptors (Lipinski definition) is 4. The molecule has 19 heavy (non-hydrogen) atoms. The number of carbonyl (C=O) groups is 2. The van der Waals surface area contributed by atoms with Gasteiger partial charge in [-0.15, -0.1) is 12.4 Å². The molecule has 1 aliphatic heterocycles. The number of hydrogen-bond donors (Lipinski definition) is 1. The molecule has 0 radical (unpaired) electrons. The molecule has 1 rings (SSSR count). The molecule has 1 heterocycles. The number of nitrogens with two attached hydrogens (primary N) is 1. The lowest BCUT2D eigenvalue weighted by Crippen LogP contribution is -2.52. The fourth-order valence-corrected chi connectivity index (χ4v) is 1.59. The molecule has 0 aromatic rings. The molecule has 0 saturated carbocycles. The van der Waals surface area contributed by atoms with Crippen molar-refractivity contribution in [3.63, 3.8) is 0 Å². The summed E-state index contributed by atoms with van der Waals surface area (Å²) in [6.07, 6.45) is -0.322. The number of ether oxygens (including phenoxy) is 1. The number of piperazine rings is 1. The number of rotatable bonds is 1. The number of nitrogens with zero attached hydrogens (tertiary/aromatic N) is 2. The Morgan fingerprint density at radius 2 is 1.53 bits per heavy atom. The van der Waals surface area contributed by atoms with E-state index in [0.717, 1.165) is 0 Å². The Balaban J connectivity index is 0. The van der Waals surface area contributed by atoms with Crippen molar-refractivity contribution in [3.8, 4) is 0 Å². The Morgan fingerprint density at radius 3 is 1.89 bits per heavy atom. The first kappa shape index (κ1) is 20.3. The van der Waals surface area contributed by atoms with E-state index in [1.165, 1.54) is 0 Å². The van der Waals surface area contributed by atoms with Crippen LogP contribution in [-0.2, 0) is 9.53 Å². The summed E-state index contributed by atoms with van der Waals surface area (Å²) in [5.74, 6) is -0.0751. The highest BCUT2D eigenvalue weighted by atomic mass is 35.5. The Kier molecular flexibility index (Phi) is 8.73. The lowest BCUT2D eigenvalue weighted by atomic mass is 10.2. The van der Waals surface area contributed by atoms with Crippen LogP contribution in [0.1, 0.15) is 20.8 Å². The highest BCUT2D eigenvalue weighted by Crippen LogP contribution is 2.11. The summed E-state index contributed by atoms with van der Waals surface area (Å²) < 4.78 is 5.26. The van der Waals surface area contributed by atoms with Gasteiger partial charge < -0.3 is 25.7 Å². The topological polar surface area (TPSA) is 107 Å². The molecule has 1 saturated heterocycles. The third kappa shape index (κ3) is 6.60. The molecule has 0 aliphatic carbocycles. The van der Waals surface area contributed by atoms with Gasteiger partial charge in [0.2, 0.25) is 5.91 Å². The van der Waals surface area contributed by atoms with E-state index in [4.69, 9.17) is 10.5 Å². The predicted molar refractivity (Wildman–Crippen MR) is 74.3 cm³/mol. The quantitative estimate of drug-likeness (QED) is 0.712. The van der Waals surface area contributed by atoms with Crippen LogP contribution < -0.4 is 5.73 Å². The van der Waals surface area contributed by atoms with Crippen LogP contribution in [0.25, 0.3) is 0 Å². The molecule has 0 atom stereocenters. The van der Waals surface area contributed by atoms with Gasteiger partial charge in [-0.25, -0.2) is 4.79 Å². The Labute approximate surface area is 119 Å². The molecule has 1 aliphatic rings. The fourth-order valence-electron chi connectivity index (χ4n) is 1.59. The molecule has 0 aromatic carbocycles. The zero-order valence-corrected chi connectivity index (χ0v) is 12.5. The van der Waals surface area contributed by atoms with Crippen LogP contribution in [-0.4, -0.2) is 65.6 Å². The summed E-state index contributed by atoms with van der Waals surface area (Å²) in [6.45, 7) is 7.57. The molecule has 2 amide bonds. The van der Waals surface area contributed by atoms with E-state index in [0.29, 0.717) is 26.2 Å². The normalized spacial score (nSPS) is 15.2. The maximum atomic E-state index is 11.7. The van der Waals surface area contributed by atoms with E-state index in [1.807, 2.05) is 20.8 Å². The van der Waals surface area contributed by atoms with E-state index < -0.39 is 5.60 Å². The first-order chi connectivity index (χ1) is 7.83. The second-order valence-electron chi connectivity index (χ2n) is 5.05. The summed E-state index contributed by atoms with van der Waals surface area (Å²) >= 11 is 0. The van der Waals surface area contributed by atoms with Crippen molar-refractivity contribution in [2.24, 2.45) is 5.73 Å². The van der Waals surface area contributed by atoms with Crippen LogP contribution in [0.15, 0.2) is 0 Å². The van der Waals surface area contributed by atoms with Crippen molar-refractivity contribution in [3.05, 3.63) is 0 Å². The number of halogens is 1. The summed E-state index contributed by atoms with van der Waals surface area (Å²) in [5.41, 5.74) is 4.80. The average molecular weight is 298 g/mol. The molecule has 0 aromatic heterocycles.